The summed E-state index contributed by atoms with van der Waals surface area (Å²) in [5.74, 6) is -9.52. The van der Waals surface area contributed by atoms with Gasteiger partial charge < -0.3 is 30.2 Å². The van der Waals surface area contributed by atoms with Gasteiger partial charge in [0.25, 0.3) is 17.7 Å². The Morgan fingerprint density at radius 1 is 0.800 bits per heavy atom. The van der Waals surface area contributed by atoms with Gasteiger partial charge in [0.15, 0.2) is 0 Å². The molecular weight excluding hydrogens is 885 g/mol. The monoisotopic (exact) mass is 919 g/mol. The number of hydrogen-bond acceptors (Lipinski definition) is 16. The molecule has 1 aliphatic rings. The first kappa shape index (κ1) is 48.1. The minimum absolute atomic E-state index is 0.0372. The van der Waals surface area contributed by atoms with Crippen molar-refractivity contribution in [3.05, 3.63) is 95.6 Å². The molecule has 6 amide bonds. The third kappa shape index (κ3) is 16.2. The van der Waals surface area contributed by atoms with Gasteiger partial charge in [0.1, 0.15) is 17.7 Å². The van der Waals surface area contributed by atoms with Crippen molar-refractivity contribution in [1.82, 2.24) is 21.0 Å². The van der Waals surface area contributed by atoms with E-state index >= 15 is 0 Å². The van der Waals surface area contributed by atoms with Crippen molar-refractivity contribution in [1.29, 1.82) is 0 Å². The van der Waals surface area contributed by atoms with Gasteiger partial charge in [-0.25, -0.2) is 13.6 Å². The molecule has 1 fully saturated rings. The topological polar surface area (TPSA) is 310 Å². The molecule has 24 heteroatoms. The number of imide groups is 1. The number of amides is 6. The molecule has 0 bridgehead atoms. The van der Waals surface area contributed by atoms with Crippen LogP contribution in [-0.2, 0) is 43.3 Å². The van der Waals surface area contributed by atoms with Gasteiger partial charge in [0.05, 0.1) is 18.1 Å². The number of hydroxylamine groups is 2. The van der Waals surface area contributed by atoms with Crippen LogP contribution >= 0.6 is 11.8 Å². The van der Waals surface area contributed by atoms with E-state index in [0.29, 0.717) is 15.1 Å². The Bertz CT molecular complexity index is 2030. The van der Waals surface area contributed by atoms with Gasteiger partial charge in [-0.1, -0.05) is 0 Å². The Morgan fingerprint density at radius 2 is 1.37 bits per heavy atom. The normalized spacial score (nSPS) is 12.9. The maximum absolute atomic E-state index is 13.1. The van der Waals surface area contributed by atoms with Gasteiger partial charge in [-0.05, 0) is 55.0 Å². The predicted molar refractivity (Wildman–Crippen MR) is 198 cm³/mol. The molecule has 1 saturated heterocycles. The molecule has 20 nitrogen and oxygen atoms in total. The van der Waals surface area contributed by atoms with Crippen molar-refractivity contribution in [2.75, 3.05) is 23.4 Å². The Morgan fingerprint density at radius 3 is 1.90 bits per heavy atom. The molecule has 0 aromatic heterocycles. The zero-order valence-electron chi connectivity index (χ0n) is 30.8. The van der Waals surface area contributed by atoms with Crippen LogP contribution < -0.4 is 36.0 Å². The van der Waals surface area contributed by atoms with Crippen LogP contribution in [0, 0.1) is 11.6 Å². The van der Waals surface area contributed by atoms with E-state index in [1.54, 1.807) is 0 Å². The van der Waals surface area contributed by atoms with Crippen LogP contribution in [0.2, 0.25) is 0 Å². The number of rotatable bonds is 18. The SMILES string of the molecule is O=C(ON1C(=O)CCC1=O)c1ccc([18F])cc1.O=C([O-])CNC(=O)[C@H](CSCC(=O)Nc1ccc([As](O)O)cc1)NC(=O)CC[C@H](NC(=O)c1ccc([18F])cc1)C(=O)O[O-]. The van der Waals surface area contributed by atoms with E-state index in [0.717, 1.165) is 48.2 Å². The van der Waals surface area contributed by atoms with E-state index in [1.165, 1.54) is 36.4 Å². The second-order valence-corrected chi connectivity index (χ2v) is 15.4. The van der Waals surface area contributed by atoms with E-state index in [2.05, 4.69) is 31.0 Å². The molecule has 6 N–H and O–H groups in total. The molecule has 1 aliphatic heterocycles. The number of carboxylic acids is 1. The fourth-order valence-corrected chi connectivity index (χ4v) is 6.40. The number of nitrogens with zero attached hydrogens (tertiary/aromatic N) is 1. The van der Waals surface area contributed by atoms with Gasteiger partial charge in [-0.15, -0.1) is 5.06 Å². The quantitative estimate of drug-likeness (QED) is 0.0320. The van der Waals surface area contributed by atoms with Gasteiger partial charge in [-0.3, -0.25) is 24.0 Å². The third-order valence-corrected chi connectivity index (χ3v) is 10.3. The van der Waals surface area contributed by atoms with Crippen LogP contribution in [0.1, 0.15) is 46.4 Å². The molecule has 2 atom stereocenters. The van der Waals surface area contributed by atoms with Crippen LogP contribution in [0.3, 0.4) is 0 Å². The van der Waals surface area contributed by atoms with E-state index < -0.39 is 112 Å². The van der Waals surface area contributed by atoms with Crippen molar-refractivity contribution in [3.63, 3.8) is 0 Å². The van der Waals surface area contributed by atoms with Crippen LogP contribution in [0.25, 0.3) is 0 Å². The zero-order chi connectivity index (χ0) is 44.4. The van der Waals surface area contributed by atoms with Crippen LogP contribution in [0.5, 0.6) is 0 Å². The van der Waals surface area contributed by atoms with Crippen molar-refractivity contribution < 1.29 is 80.2 Å². The first-order valence-corrected chi connectivity index (χ1v) is 20.9. The fraction of sp³-hybridized carbons (Fsp3) is 0.250. The molecule has 4 rings (SSSR count). The molecule has 0 unspecified atom stereocenters. The second-order valence-electron chi connectivity index (χ2n) is 12.1. The fourth-order valence-electron chi connectivity index (χ4n) is 4.68. The minimum Gasteiger partial charge on any atom is -0.662 e. The van der Waals surface area contributed by atoms with E-state index in [1.807, 2.05) is 0 Å². The molecule has 320 valence electrons. The van der Waals surface area contributed by atoms with Gasteiger partial charge in [0, 0.05) is 24.8 Å². The number of carbonyl (C=O) groups is 9. The van der Waals surface area contributed by atoms with Crippen molar-refractivity contribution >= 4 is 90.5 Å². The Balaban J connectivity index is 0.000000466. The van der Waals surface area contributed by atoms with Crippen LogP contribution in [0.15, 0.2) is 72.8 Å². The number of thioether (sulfide) groups is 1. The molecular formula is C36H34AsF2N5O15S-2. The minimum atomic E-state index is -3.05. The number of hydrogen-bond donors (Lipinski definition) is 6. The summed E-state index contributed by atoms with van der Waals surface area (Å²) >= 11 is -2.13. The zero-order valence-corrected chi connectivity index (χ0v) is 33.5. The molecule has 0 aliphatic carbocycles. The summed E-state index contributed by atoms with van der Waals surface area (Å²) in [7, 11) is 0. The number of nitrogens with one attached hydrogen (secondary N) is 4. The maximum atomic E-state index is 13.1. The Hall–Kier alpha value is -6.26. The third-order valence-electron chi connectivity index (χ3n) is 7.66. The summed E-state index contributed by atoms with van der Waals surface area (Å²) in [6, 6.07) is 11.8. The van der Waals surface area contributed by atoms with Crippen molar-refractivity contribution in [2.24, 2.45) is 0 Å². The molecule has 3 aromatic rings. The summed E-state index contributed by atoms with van der Waals surface area (Å²) < 4.78 is 44.6. The Kier molecular flexibility index (Phi) is 19.2. The first-order chi connectivity index (χ1) is 28.5. The predicted octanol–water partition coefficient (Wildman–Crippen LogP) is -3.03. The van der Waals surface area contributed by atoms with Gasteiger partial charge in [-0.2, -0.15) is 0 Å². The van der Waals surface area contributed by atoms with Crippen molar-refractivity contribution in [2.45, 2.75) is 37.8 Å². The van der Waals surface area contributed by atoms with Gasteiger partial charge in [0.2, 0.25) is 0 Å². The summed E-state index contributed by atoms with van der Waals surface area (Å²) in [5, 5.41) is 31.0. The summed E-state index contributed by atoms with van der Waals surface area (Å²) in [6.07, 6.45) is -0.858. The standard InChI is InChI=1S/C25H28AsFN4O11S.C11H8FNO4/c27-16-5-1-14(2-6-16)23(36)31-18(25(38)42-41)9-10-20(32)30-19(24(37)28-11-22(34)35)12-43-13-21(33)29-17-7-3-15(4-8-17)26(39)40;12-8-3-1-7(2-4-8)11(16)17-13-9(14)5-6-10(13)15/h1-8,18-19,39-41H,9-13H2,(H,28,37)(H,29,33)(H,30,32)(H,31,36)(H,34,35);1-4H,5-6H2/p-2/t18-,19-;/m0./s1/i27-1;12-1. The van der Waals surface area contributed by atoms with E-state index in [4.69, 9.17) is 0 Å². The molecule has 0 spiro atoms. The van der Waals surface area contributed by atoms with Crippen LogP contribution in [0.4, 0.5) is 14.5 Å². The van der Waals surface area contributed by atoms with E-state index in [-0.39, 0.29) is 35.5 Å². The Labute approximate surface area is 347 Å². The van der Waals surface area contributed by atoms with Crippen LogP contribution in [-0.4, -0.2) is 112 Å². The molecule has 60 heavy (non-hydrogen) atoms. The summed E-state index contributed by atoms with van der Waals surface area (Å²) in [4.78, 5) is 114. The smallest absolute Gasteiger partial charge is 0.662 e. The summed E-state index contributed by atoms with van der Waals surface area (Å²) in [5.41, 5.74) is 0.404. The number of aliphatic carboxylic acids is 1. The van der Waals surface area contributed by atoms with Gasteiger partial charge >= 0.3 is 142 Å². The van der Waals surface area contributed by atoms with E-state index in [9.17, 15) is 70.5 Å². The number of carboxylic acid groups (broad SMARTS) is 1. The second kappa shape index (κ2) is 24.0. The number of benzene rings is 3. The number of anilines is 1. The number of carbonyl (C=O) groups excluding carboxylic acids is 9. The average molecular weight is 920 g/mol. The van der Waals surface area contributed by atoms with Crippen molar-refractivity contribution in [3.8, 4) is 0 Å². The summed E-state index contributed by atoms with van der Waals surface area (Å²) in [6.45, 7) is -0.856. The molecule has 0 saturated carbocycles. The molecule has 3 aromatic carbocycles. The molecule has 0 radical (unpaired) electrons. The molecule has 1 heterocycles. The first-order valence-electron chi connectivity index (χ1n) is 17.1. The number of halogens is 2. The average Bonchev–Trinajstić information content (AvgIpc) is 3.53.